The van der Waals surface area contributed by atoms with E-state index >= 15 is 0 Å². The van der Waals surface area contributed by atoms with Crippen molar-refractivity contribution in [1.29, 1.82) is 0 Å². The molecule has 0 aliphatic heterocycles. The first-order valence-corrected chi connectivity index (χ1v) is 8.39. The quantitative estimate of drug-likeness (QED) is 0.532. The van der Waals surface area contributed by atoms with Crippen LogP contribution in [-0.4, -0.2) is 20.7 Å². The highest BCUT2D eigenvalue weighted by atomic mass is 16.1. The van der Waals surface area contributed by atoms with E-state index < -0.39 is 0 Å². The minimum atomic E-state index is 0.0206. The Labute approximate surface area is 151 Å². The predicted octanol–water partition coefficient (Wildman–Crippen LogP) is 5.01. The maximum Gasteiger partial charge on any atom is 0.162 e. The van der Waals surface area contributed by atoms with E-state index in [0.29, 0.717) is 5.56 Å². The van der Waals surface area contributed by atoms with Gasteiger partial charge in [-0.2, -0.15) is 0 Å². The Kier molecular flexibility index (Phi) is 4.15. The van der Waals surface area contributed by atoms with Crippen molar-refractivity contribution < 1.29 is 4.79 Å². The van der Waals surface area contributed by atoms with Gasteiger partial charge in [-0.25, -0.2) is 0 Å². The first kappa shape index (κ1) is 16.0. The molecule has 0 radical (unpaired) electrons. The summed E-state index contributed by atoms with van der Waals surface area (Å²) in [5.74, 6) is 0.0206. The number of hydrogen-bond acceptors (Lipinski definition) is 3. The second-order valence-corrected chi connectivity index (χ2v) is 6.02. The SMILES string of the molecule is CC(=O)c1c(-c2ccncc2)[nH]c(-c2ccncc2)c1-c1ccccc1. The van der Waals surface area contributed by atoms with Crippen LogP contribution >= 0.6 is 0 Å². The number of benzene rings is 1. The number of nitrogens with one attached hydrogen (secondary N) is 1. The molecule has 0 atom stereocenters. The van der Waals surface area contributed by atoms with Crippen LogP contribution in [0.5, 0.6) is 0 Å². The van der Waals surface area contributed by atoms with Gasteiger partial charge >= 0.3 is 0 Å². The molecule has 3 aromatic heterocycles. The van der Waals surface area contributed by atoms with Gasteiger partial charge in [-0.1, -0.05) is 30.3 Å². The number of hydrogen-bond donors (Lipinski definition) is 1. The van der Waals surface area contributed by atoms with Crippen molar-refractivity contribution in [3.8, 4) is 33.6 Å². The highest BCUT2D eigenvalue weighted by molar-refractivity contribution is 6.10. The predicted molar refractivity (Wildman–Crippen MR) is 103 cm³/mol. The Morgan fingerprint density at radius 1 is 0.731 bits per heavy atom. The molecule has 0 spiro atoms. The van der Waals surface area contributed by atoms with E-state index in [0.717, 1.165) is 33.6 Å². The molecule has 0 unspecified atom stereocenters. The smallest absolute Gasteiger partial charge is 0.162 e. The number of rotatable bonds is 4. The van der Waals surface area contributed by atoms with E-state index in [4.69, 9.17) is 0 Å². The Balaban J connectivity index is 2.07. The van der Waals surface area contributed by atoms with Crippen LogP contribution in [0.15, 0.2) is 79.4 Å². The van der Waals surface area contributed by atoms with Crippen molar-refractivity contribution >= 4 is 5.78 Å². The number of Topliss-reactive ketones (excluding diaryl/α,β-unsaturated/α-hetero) is 1. The standard InChI is InChI=1S/C22H17N3O/c1-15(26)19-20(16-5-3-2-4-6-16)22(18-9-13-24-14-10-18)25-21(19)17-7-11-23-12-8-17/h2-14,25H,1H3. The number of nitrogens with zero attached hydrogens (tertiary/aromatic N) is 2. The topological polar surface area (TPSA) is 58.6 Å². The van der Waals surface area contributed by atoms with Gasteiger partial charge in [0.15, 0.2) is 5.78 Å². The molecule has 0 aliphatic carbocycles. The molecule has 26 heavy (non-hydrogen) atoms. The molecule has 0 aliphatic rings. The van der Waals surface area contributed by atoms with Crippen molar-refractivity contribution in [2.45, 2.75) is 6.92 Å². The van der Waals surface area contributed by atoms with Gasteiger partial charge in [0, 0.05) is 41.5 Å². The third kappa shape index (κ3) is 2.82. The number of ketones is 1. The lowest BCUT2D eigenvalue weighted by atomic mass is 9.94. The molecule has 4 rings (SSSR count). The molecule has 0 amide bonds. The van der Waals surface area contributed by atoms with Gasteiger partial charge < -0.3 is 4.98 Å². The first-order valence-electron chi connectivity index (χ1n) is 8.39. The van der Waals surface area contributed by atoms with Crippen LogP contribution in [-0.2, 0) is 0 Å². The summed E-state index contributed by atoms with van der Waals surface area (Å²) in [6, 6.07) is 17.7. The van der Waals surface area contributed by atoms with Crippen LogP contribution in [0, 0.1) is 0 Å². The summed E-state index contributed by atoms with van der Waals surface area (Å²) in [5, 5.41) is 0. The zero-order chi connectivity index (χ0) is 17.9. The number of aromatic nitrogens is 3. The fourth-order valence-electron chi connectivity index (χ4n) is 3.22. The van der Waals surface area contributed by atoms with Crippen molar-refractivity contribution in [2.75, 3.05) is 0 Å². The van der Waals surface area contributed by atoms with E-state index in [2.05, 4.69) is 15.0 Å². The molecular formula is C22H17N3O. The summed E-state index contributed by atoms with van der Waals surface area (Å²) in [4.78, 5) is 24.3. The van der Waals surface area contributed by atoms with Gasteiger partial charge in [-0.15, -0.1) is 0 Å². The number of carbonyl (C=O) groups is 1. The summed E-state index contributed by atoms with van der Waals surface area (Å²) in [6.07, 6.45) is 6.97. The highest BCUT2D eigenvalue weighted by Crippen LogP contribution is 2.40. The number of H-pyrrole nitrogens is 1. The summed E-state index contributed by atoms with van der Waals surface area (Å²) in [6.45, 7) is 1.61. The molecule has 0 fully saturated rings. The lowest BCUT2D eigenvalue weighted by Gasteiger charge is -2.07. The van der Waals surface area contributed by atoms with Crippen molar-refractivity contribution in [1.82, 2.24) is 15.0 Å². The minimum Gasteiger partial charge on any atom is -0.353 e. The zero-order valence-electron chi connectivity index (χ0n) is 14.3. The van der Waals surface area contributed by atoms with E-state index in [9.17, 15) is 4.79 Å². The molecule has 0 bridgehead atoms. The molecule has 1 N–H and O–H groups in total. The molecule has 4 nitrogen and oxygen atoms in total. The molecule has 3 heterocycles. The van der Waals surface area contributed by atoms with Crippen molar-refractivity contribution in [3.05, 3.63) is 84.9 Å². The summed E-state index contributed by atoms with van der Waals surface area (Å²) >= 11 is 0. The summed E-state index contributed by atoms with van der Waals surface area (Å²) in [5.41, 5.74) is 6.25. The van der Waals surface area contributed by atoms with Gasteiger partial charge in [0.05, 0.1) is 17.0 Å². The summed E-state index contributed by atoms with van der Waals surface area (Å²) in [7, 11) is 0. The normalized spacial score (nSPS) is 10.7. The molecular weight excluding hydrogens is 322 g/mol. The summed E-state index contributed by atoms with van der Waals surface area (Å²) < 4.78 is 0. The van der Waals surface area contributed by atoms with Gasteiger partial charge in [-0.3, -0.25) is 14.8 Å². The monoisotopic (exact) mass is 339 g/mol. The fourth-order valence-corrected chi connectivity index (χ4v) is 3.22. The van der Waals surface area contributed by atoms with Crippen molar-refractivity contribution in [2.24, 2.45) is 0 Å². The molecule has 1 aromatic carbocycles. The average Bonchev–Trinajstić information content (AvgIpc) is 3.11. The Morgan fingerprint density at radius 2 is 1.27 bits per heavy atom. The zero-order valence-corrected chi connectivity index (χ0v) is 14.3. The van der Waals surface area contributed by atoms with Crippen LogP contribution in [0.25, 0.3) is 33.6 Å². The highest BCUT2D eigenvalue weighted by Gasteiger charge is 2.23. The third-order valence-corrected chi connectivity index (χ3v) is 4.35. The third-order valence-electron chi connectivity index (χ3n) is 4.35. The maximum atomic E-state index is 12.6. The Hall–Kier alpha value is -3.53. The van der Waals surface area contributed by atoms with Gasteiger partial charge in [0.25, 0.3) is 0 Å². The van der Waals surface area contributed by atoms with Crippen LogP contribution in [0.3, 0.4) is 0 Å². The van der Waals surface area contributed by atoms with Crippen molar-refractivity contribution in [3.63, 3.8) is 0 Å². The molecule has 0 saturated carbocycles. The number of aromatic amines is 1. The van der Waals surface area contributed by atoms with E-state index in [1.54, 1.807) is 31.7 Å². The Morgan fingerprint density at radius 3 is 1.81 bits per heavy atom. The van der Waals surface area contributed by atoms with Gasteiger partial charge in [-0.05, 0) is 36.8 Å². The first-order chi connectivity index (χ1) is 12.8. The van der Waals surface area contributed by atoms with E-state index in [-0.39, 0.29) is 5.78 Å². The second kappa shape index (κ2) is 6.76. The average molecular weight is 339 g/mol. The number of pyridine rings is 2. The Bertz CT molecular complexity index is 1040. The van der Waals surface area contributed by atoms with E-state index in [1.807, 2.05) is 54.6 Å². The van der Waals surface area contributed by atoms with Crippen LogP contribution in [0.2, 0.25) is 0 Å². The number of carbonyl (C=O) groups excluding carboxylic acids is 1. The minimum absolute atomic E-state index is 0.0206. The lowest BCUT2D eigenvalue weighted by molar-refractivity contribution is 0.101. The second-order valence-electron chi connectivity index (χ2n) is 6.02. The van der Waals surface area contributed by atoms with Crippen LogP contribution < -0.4 is 0 Å². The largest absolute Gasteiger partial charge is 0.353 e. The van der Waals surface area contributed by atoms with Crippen LogP contribution in [0.4, 0.5) is 0 Å². The maximum absolute atomic E-state index is 12.6. The van der Waals surface area contributed by atoms with Gasteiger partial charge in [0.2, 0.25) is 0 Å². The fraction of sp³-hybridized carbons (Fsp3) is 0.0455. The molecule has 4 aromatic rings. The molecule has 4 heteroatoms. The van der Waals surface area contributed by atoms with Gasteiger partial charge in [0.1, 0.15) is 0 Å². The molecule has 0 saturated heterocycles. The molecule has 126 valence electrons. The van der Waals surface area contributed by atoms with E-state index in [1.165, 1.54) is 0 Å². The van der Waals surface area contributed by atoms with Crippen LogP contribution in [0.1, 0.15) is 17.3 Å². The lowest BCUT2D eigenvalue weighted by Crippen LogP contribution is -1.96.